The van der Waals surface area contributed by atoms with Gasteiger partial charge in [-0.05, 0) is 6.07 Å². The van der Waals surface area contributed by atoms with Crippen molar-refractivity contribution in [2.75, 3.05) is 4.90 Å². The number of nitrogens with zero attached hydrogens (tertiary/aromatic N) is 2. The van der Waals surface area contributed by atoms with Gasteiger partial charge >= 0.3 is 0 Å². The number of carbonyl (C=O) groups is 2. The lowest BCUT2D eigenvalue weighted by atomic mass is 10.1. The zero-order chi connectivity index (χ0) is 14.3. The van der Waals surface area contributed by atoms with E-state index in [2.05, 4.69) is 9.97 Å². The van der Waals surface area contributed by atoms with E-state index in [-0.39, 0.29) is 17.0 Å². The predicted octanol–water partition coefficient (Wildman–Crippen LogP) is 1.73. The van der Waals surface area contributed by atoms with E-state index in [0.717, 1.165) is 4.90 Å². The smallest absolute Gasteiger partial charge is 0.269 e. The molecule has 0 fully saturated rings. The number of aromatic nitrogens is 2. The van der Waals surface area contributed by atoms with Gasteiger partial charge in [0.05, 0.1) is 17.6 Å². The molecule has 1 aliphatic rings. The SMILES string of the molecule is CC(=O)N1C(=O)/C(=C(/O)c2c[nH]cn2)c2ccccc21. The number of imide groups is 1. The van der Waals surface area contributed by atoms with Gasteiger partial charge in [0.25, 0.3) is 5.91 Å². The second-order valence-corrected chi connectivity index (χ2v) is 4.35. The van der Waals surface area contributed by atoms with Crippen LogP contribution in [-0.4, -0.2) is 26.9 Å². The summed E-state index contributed by atoms with van der Waals surface area (Å²) in [6, 6.07) is 6.83. The molecule has 0 unspecified atom stereocenters. The normalized spacial score (nSPS) is 16.2. The first-order valence-electron chi connectivity index (χ1n) is 5.98. The Hall–Kier alpha value is -2.89. The zero-order valence-corrected chi connectivity index (χ0v) is 10.6. The predicted molar refractivity (Wildman–Crippen MR) is 72.6 cm³/mol. The quantitative estimate of drug-likeness (QED) is 0.609. The first-order chi connectivity index (χ1) is 9.61. The third-order valence-corrected chi connectivity index (χ3v) is 3.12. The molecule has 0 atom stereocenters. The third kappa shape index (κ3) is 1.62. The van der Waals surface area contributed by atoms with Crippen molar-refractivity contribution in [1.29, 1.82) is 0 Å². The maximum absolute atomic E-state index is 12.4. The molecule has 2 N–H and O–H groups in total. The van der Waals surface area contributed by atoms with Crippen LogP contribution >= 0.6 is 0 Å². The van der Waals surface area contributed by atoms with Gasteiger partial charge in [-0.1, -0.05) is 18.2 Å². The van der Waals surface area contributed by atoms with Crippen molar-refractivity contribution in [1.82, 2.24) is 9.97 Å². The second-order valence-electron chi connectivity index (χ2n) is 4.35. The summed E-state index contributed by atoms with van der Waals surface area (Å²) >= 11 is 0. The molecule has 0 bridgehead atoms. The molecule has 1 aromatic carbocycles. The van der Waals surface area contributed by atoms with Crippen LogP contribution in [0.3, 0.4) is 0 Å². The van der Waals surface area contributed by atoms with Crippen LogP contribution in [0.4, 0.5) is 5.69 Å². The highest BCUT2D eigenvalue weighted by Crippen LogP contribution is 2.39. The Bertz CT molecular complexity index is 732. The van der Waals surface area contributed by atoms with E-state index in [1.807, 2.05) is 0 Å². The Balaban J connectivity index is 2.26. The summed E-state index contributed by atoms with van der Waals surface area (Å²) in [6.45, 7) is 1.31. The van der Waals surface area contributed by atoms with Crippen molar-refractivity contribution in [2.24, 2.45) is 0 Å². The first-order valence-corrected chi connectivity index (χ1v) is 5.98. The van der Waals surface area contributed by atoms with Gasteiger partial charge in [-0.25, -0.2) is 9.88 Å². The maximum atomic E-state index is 12.4. The average Bonchev–Trinajstić information content (AvgIpc) is 3.02. The summed E-state index contributed by atoms with van der Waals surface area (Å²) < 4.78 is 0. The van der Waals surface area contributed by atoms with Crippen molar-refractivity contribution < 1.29 is 14.7 Å². The molecule has 1 aliphatic heterocycles. The summed E-state index contributed by atoms with van der Waals surface area (Å²) in [5, 5.41) is 10.3. The highest BCUT2D eigenvalue weighted by molar-refractivity contribution is 6.42. The van der Waals surface area contributed by atoms with E-state index >= 15 is 0 Å². The molecule has 1 aromatic heterocycles. The van der Waals surface area contributed by atoms with Gasteiger partial charge in [0, 0.05) is 18.7 Å². The fourth-order valence-electron chi connectivity index (χ4n) is 2.28. The van der Waals surface area contributed by atoms with Gasteiger partial charge in [0.1, 0.15) is 5.69 Å². The number of rotatable bonds is 1. The minimum Gasteiger partial charge on any atom is -0.505 e. The maximum Gasteiger partial charge on any atom is 0.269 e. The topological polar surface area (TPSA) is 86.3 Å². The Morgan fingerprint density at radius 3 is 2.75 bits per heavy atom. The van der Waals surface area contributed by atoms with Crippen molar-refractivity contribution in [3.63, 3.8) is 0 Å². The number of aromatic amines is 1. The molecule has 0 spiro atoms. The van der Waals surface area contributed by atoms with Gasteiger partial charge in [0.2, 0.25) is 5.91 Å². The monoisotopic (exact) mass is 269 g/mol. The Labute approximate surface area is 114 Å². The Morgan fingerprint density at radius 1 is 1.35 bits per heavy atom. The molecule has 2 heterocycles. The first kappa shape index (κ1) is 12.2. The van der Waals surface area contributed by atoms with Crippen molar-refractivity contribution in [3.05, 3.63) is 48.0 Å². The number of imidazole rings is 1. The fourth-order valence-corrected chi connectivity index (χ4v) is 2.28. The zero-order valence-electron chi connectivity index (χ0n) is 10.6. The summed E-state index contributed by atoms with van der Waals surface area (Å²) in [5.74, 6) is -1.18. The molecule has 0 saturated heterocycles. The number of amides is 2. The fraction of sp³-hybridized carbons (Fsp3) is 0.0714. The minimum absolute atomic E-state index is 0.0860. The highest BCUT2D eigenvalue weighted by atomic mass is 16.3. The van der Waals surface area contributed by atoms with E-state index in [4.69, 9.17) is 0 Å². The number of nitrogens with one attached hydrogen (secondary N) is 1. The van der Waals surface area contributed by atoms with Crippen molar-refractivity contribution >= 4 is 28.8 Å². The molecule has 6 heteroatoms. The number of hydrogen-bond donors (Lipinski definition) is 2. The van der Waals surface area contributed by atoms with Crippen LogP contribution in [0.5, 0.6) is 0 Å². The summed E-state index contributed by atoms with van der Waals surface area (Å²) in [5.41, 5.74) is 1.34. The molecule has 0 aliphatic carbocycles. The lowest BCUT2D eigenvalue weighted by Gasteiger charge is -2.11. The van der Waals surface area contributed by atoms with E-state index in [9.17, 15) is 14.7 Å². The number of anilines is 1. The molecule has 0 radical (unpaired) electrons. The van der Waals surface area contributed by atoms with Crippen LogP contribution in [-0.2, 0) is 9.59 Å². The summed E-state index contributed by atoms with van der Waals surface area (Å²) in [7, 11) is 0. The van der Waals surface area contributed by atoms with Crippen LogP contribution in [0.2, 0.25) is 0 Å². The minimum atomic E-state index is -0.542. The van der Waals surface area contributed by atoms with Gasteiger partial charge < -0.3 is 10.1 Å². The number of carbonyl (C=O) groups excluding carboxylic acids is 2. The van der Waals surface area contributed by atoms with Gasteiger partial charge in [0.15, 0.2) is 5.76 Å². The molecule has 2 amide bonds. The van der Waals surface area contributed by atoms with E-state index in [0.29, 0.717) is 11.3 Å². The van der Waals surface area contributed by atoms with E-state index in [1.165, 1.54) is 19.4 Å². The number of para-hydroxylation sites is 1. The van der Waals surface area contributed by atoms with Gasteiger partial charge in [-0.15, -0.1) is 0 Å². The number of aliphatic hydroxyl groups is 1. The average molecular weight is 269 g/mol. The lowest BCUT2D eigenvalue weighted by molar-refractivity contribution is -0.122. The standard InChI is InChI=1S/C14H11N3O3/c1-8(18)17-11-5-3-2-4-9(11)12(14(17)20)13(19)10-6-15-7-16-10/h2-7,19H,1H3,(H,15,16)/b13-12+. The van der Waals surface area contributed by atoms with Crippen LogP contribution in [0.25, 0.3) is 11.3 Å². The summed E-state index contributed by atoms with van der Waals surface area (Å²) in [6.07, 6.45) is 2.88. The molecule has 3 rings (SSSR count). The van der Waals surface area contributed by atoms with Crippen LogP contribution in [0.15, 0.2) is 36.8 Å². The molecular weight excluding hydrogens is 258 g/mol. The Kier molecular flexibility index (Phi) is 2.64. The Morgan fingerprint density at radius 2 is 2.10 bits per heavy atom. The van der Waals surface area contributed by atoms with Crippen molar-refractivity contribution in [2.45, 2.75) is 6.92 Å². The van der Waals surface area contributed by atoms with Crippen LogP contribution < -0.4 is 4.90 Å². The number of aliphatic hydroxyl groups excluding tert-OH is 1. The van der Waals surface area contributed by atoms with E-state index < -0.39 is 11.8 Å². The molecule has 6 nitrogen and oxygen atoms in total. The van der Waals surface area contributed by atoms with Gasteiger partial charge in [-0.2, -0.15) is 0 Å². The highest BCUT2D eigenvalue weighted by Gasteiger charge is 2.37. The number of benzene rings is 1. The van der Waals surface area contributed by atoms with E-state index in [1.54, 1.807) is 24.3 Å². The number of H-pyrrole nitrogens is 1. The summed E-state index contributed by atoms with van der Waals surface area (Å²) in [4.78, 5) is 31.7. The van der Waals surface area contributed by atoms with Crippen molar-refractivity contribution in [3.8, 4) is 0 Å². The molecule has 100 valence electrons. The molecular formula is C14H11N3O3. The molecule has 20 heavy (non-hydrogen) atoms. The number of hydrogen-bond acceptors (Lipinski definition) is 4. The second kappa shape index (κ2) is 4.34. The number of fused-ring (bicyclic) bond motifs is 1. The van der Waals surface area contributed by atoms with Gasteiger partial charge in [-0.3, -0.25) is 9.59 Å². The lowest BCUT2D eigenvalue weighted by Crippen LogP contribution is -2.31. The molecule has 2 aromatic rings. The van der Waals surface area contributed by atoms with Crippen LogP contribution in [0, 0.1) is 0 Å². The molecule has 0 saturated carbocycles. The largest absolute Gasteiger partial charge is 0.505 e. The van der Waals surface area contributed by atoms with Crippen LogP contribution in [0.1, 0.15) is 18.2 Å². The third-order valence-electron chi connectivity index (χ3n) is 3.12.